The zero-order valence-corrected chi connectivity index (χ0v) is 21.1. The van der Waals surface area contributed by atoms with E-state index < -0.39 is 49.7 Å². The number of nitrogens with one attached hydrogen (secondary N) is 1. The molecule has 1 fully saturated rings. The van der Waals surface area contributed by atoms with Crippen LogP contribution in [0.2, 0.25) is 0 Å². The van der Waals surface area contributed by atoms with E-state index in [0.717, 1.165) is 12.1 Å². The minimum Gasteiger partial charge on any atom is -0.399 e. The van der Waals surface area contributed by atoms with E-state index in [4.69, 9.17) is 18.7 Å². The second-order valence-corrected chi connectivity index (χ2v) is 10.4. The first kappa shape index (κ1) is 26.4. The summed E-state index contributed by atoms with van der Waals surface area (Å²) in [5.74, 6) is -2.26. The Morgan fingerprint density at radius 2 is 1.71 bits per heavy atom. The van der Waals surface area contributed by atoms with Gasteiger partial charge in [-0.15, -0.1) is 9.42 Å². The molecule has 1 aliphatic rings. The highest BCUT2D eigenvalue weighted by atomic mass is 31.1. The summed E-state index contributed by atoms with van der Waals surface area (Å²) in [5, 5.41) is 2.56. The topological polar surface area (TPSA) is 94.1 Å². The number of hydrogen-bond donors (Lipinski definition) is 2. The van der Waals surface area contributed by atoms with Crippen LogP contribution in [-0.4, -0.2) is 29.1 Å². The number of carbonyl (C=O) groups excluding carboxylic acids is 1. The maximum absolute atomic E-state index is 14.8. The molecule has 34 heavy (non-hydrogen) atoms. The van der Waals surface area contributed by atoms with E-state index in [-0.39, 0.29) is 16.8 Å². The Balaban J connectivity index is 1.88. The lowest BCUT2D eigenvalue weighted by Gasteiger charge is -2.32. The SMILES string of the molecule is Cc1c(NC(=O)c2ccc(C(C)(C)O[P+](=O)O)cc2F)cc(F)cc1B1OC(C)(C)C(C)(C)O1. The summed E-state index contributed by atoms with van der Waals surface area (Å²) in [6.45, 7) is 12.2. The van der Waals surface area contributed by atoms with Crippen molar-refractivity contribution in [3.05, 3.63) is 58.7 Å². The van der Waals surface area contributed by atoms with E-state index in [0.29, 0.717) is 11.0 Å². The fraction of sp³-hybridized carbons (Fsp3) is 0.435. The molecular weight excluding hydrogens is 466 g/mol. The molecule has 182 valence electrons. The summed E-state index contributed by atoms with van der Waals surface area (Å²) in [7, 11) is -3.75. The van der Waals surface area contributed by atoms with E-state index in [1.807, 2.05) is 27.7 Å². The first-order valence-corrected chi connectivity index (χ1v) is 11.8. The summed E-state index contributed by atoms with van der Waals surface area (Å²) in [5.41, 5.74) is -1.45. The zero-order valence-electron chi connectivity index (χ0n) is 20.2. The van der Waals surface area contributed by atoms with Crippen LogP contribution in [-0.2, 0) is 24.0 Å². The van der Waals surface area contributed by atoms with Crippen LogP contribution in [0.5, 0.6) is 0 Å². The molecule has 11 heteroatoms. The van der Waals surface area contributed by atoms with Crippen LogP contribution in [0.4, 0.5) is 14.5 Å². The Morgan fingerprint density at radius 1 is 1.12 bits per heavy atom. The Hall–Kier alpha value is -2.23. The number of anilines is 1. The number of hydrogen-bond acceptors (Lipinski definition) is 5. The van der Waals surface area contributed by atoms with Gasteiger partial charge in [0.15, 0.2) is 0 Å². The van der Waals surface area contributed by atoms with Crippen molar-refractivity contribution in [3.8, 4) is 0 Å². The molecule has 2 N–H and O–H groups in total. The second kappa shape index (κ2) is 9.09. The van der Waals surface area contributed by atoms with E-state index in [1.165, 1.54) is 32.0 Å². The molecule has 1 unspecified atom stereocenters. The van der Waals surface area contributed by atoms with Crippen molar-refractivity contribution in [1.29, 1.82) is 0 Å². The van der Waals surface area contributed by atoms with Gasteiger partial charge in [-0.25, -0.2) is 8.78 Å². The third kappa shape index (κ3) is 5.21. The van der Waals surface area contributed by atoms with Gasteiger partial charge in [0.1, 0.15) is 17.2 Å². The van der Waals surface area contributed by atoms with Gasteiger partial charge in [-0.05, 0) is 89.3 Å². The lowest BCUT2D eigenvalue weighted by atomic mass is 9.75. The molecule has 0 aromatic heterocycles. The summed E-state index contributed by atoms with van der Waals surface area (Å²) in [6, 6.07) is 6.14. The normalized spacial score (nSPS) is 17.6. The van der Waals surface area contributed by atoms with E-state index in [2.05, 4.69) is 5.32 Å². The van der Waals surface area contributed by atoms with Crippen molar-refractivity contribution in [1.82, 2.24) is 0 Å². The Labute approximate surface area is 198 Å². The Kier molecular flexibility index (Phi) is 7.06. The second-order valence-electron chi connectivity index (χ2n) is 9.74. The molecule has 1 amide bonds. The van der Waals surface area contributed by atoms with E-state index >= 15 is 0 Å². The highest BCUT2D eigenvalue weighted by molar-refractivity contribution is 7.32. The van der Waals surface area contributed by atoms with Crippen LogP contribution in [0, 0.1) is 18.6 Å². The van der Waals surface area contributed by atoms with Gasteiger partial charge < -0.3 is 14.6 Å². The zero-order chi connectivity index (χ0) is 25.6. The fourth-order valence-electron chi connectivity index (χ4n) is 3.56. The maximum Gasteiger partial charge on any atom is 0.695 e. The molecule has 1 heterocycles. The molecule has 2 aromatic carbocycles. The van der Waals surface area contributed by atoms with Crippen LogP contribution in [0.3, 0.4) is 0 Å². The molecule has 1 saturated heterocycles. The van der Waals surface area contributed by atoms with Crippen molar-refractivity contribution in [2.45, 2.75) is 65.3 Å². The number of rotatable bonds is 6. The summed E-state index contributed by atoms with van der Waals surface area (Å²) >= 11 is 0. The predicted molar refractivity (Wildman–Crippen MR) is 125 cm³/mol. The third-order valence-corrected chi connectivity index (χ3v) is 7.00. The molecule has 1 aliphatic heterocycles. The first-order chi connectivity index (χ1) is 15.5. The minimum atomic E-state index is -2.91. The van der Waals surface area contributed by atoms with Crippen molar-refractivity contribution in [3.63, 3.8) is 0 Å². The van der Waals surface area contributed by atoms with Crippen molar-refractivity contribution in [2.75, 3.05) is 5.32 Å². The lowest BCUT2D eigenvalue weighted by molar-refractivity contribution is 0.00578. The number of benzene rings is 2. The Morgan fingerprint density at radius 3 is 2.24 bits per heavy atom. The van der Waals surface area contributed by atoms with Crippen molar-refractivity contribution >= 4 is 32.4 Å². The molecular formula is C23H28BF2NO6P+. The fourth-order valence-corrected chi connectivity index (χ4v) is 4.05. The molecule has 0 spiro atoms. The minimum absolute atomic E-state index is 0.152. The number of carbonyl (C=O) groups is 1. The summed E-state index contributed by atoms with van der Waals surface area (Å²) in [6.07, 6.45) is 0. The molecule has 2 aromatic rings. The van der Waals surface area contributed by atoms with Gasteiger partial charge in [0.25, 0.3) is 5.91 Å². The highest BCUT2D eigenvalue weighted by Gasteiger charge is 2.52. The number of halogens is 2. The van der Waals surface area contributed by atoms with Gasteiger partial charge in [0.2, 0.25) is 0 Å². The predicted octanol–water partition coefficient (Wildman–Crippen LogP) is 4.73. The monoisotopic (exact) mass is 494 g/mol. The van der Waals surface area contributed by atoms with Gasteiger partial charge in [-0.2, -0.15) is 0 Å². The summed E-state index contributed by atoms with van der Waals surface area (Å²) < 4.78 is 57.2. The lowest BCUT2D eigenvalue weighted by Crippen LogP contribution is -2.41. The molecule has 7 nitrogen and oxygen atoms in total. The molecule has 3 rings (SSSR count). The van der Waals surface area contributed by atoms with E-state index in [9.17, 15) is 18.1 Å². The quantitative estimate of drug-likeness (QED) is 0.446. The van der Waals surface area contributed by atoms with Gasteiger partial charge >= 0.3 is 15.4 Å². The van der Waals surface area contributed by atoms with Crippen LogP contribution in [0.1, 0.15) is 63.0 Å². The standard InChI is InChI=1S/C23H27BF2NO6P/c1-13-17(24-31-22(4,5)23(6,7)32-24)11-15(25)12-19(13)27-20(28)16-9-8-14(10-18(16)26)21(2,3)33-34(29)30/h8-12H,1-7H3,(H-,27,28,29,30)/p+1. The smallest absolute Gasteiger partial charge is 0.399 e. The van der Waals surface area contributed by atoms with Gasteiger partial charge in [-0.1, -0.05) is 6.07 Å². The molecule has 0 bridgehead atoms. The largest absolute Gasteiger partial charge is 0.695 e. The molecule has 1 atom stereocenters. The average molecular weight is 494 g/mol. The molecule has 0 aliphatic carbocycles. The summed E-state index contributed by atoms with van der Waals surface area (Å²) in [4.78, 5) is 21.8. The van der Waals surface area contributed by atoms with Crippen LogP contribution >= 0.6 is 8.25 Å². The van der Waals surface area contributed by atoms with Gasteiger partial charge in [0, 0.05) is 10.3 Å². The van der Waals surface area contributed by atoms with Crippen molar-refractivity contribution in [2.24, 2.45) is 0 Å². The molecule has 0 radical (unpaired) electrons. The van der Waals surface area contributed by atoms with Crippen LogP contribution in [0.15, 0.2) is 30.3 Å². The van der Waals surface area contributed by atoms with Crippen molar-refractivity contribution < 1.29 is 36.9 Å². The Bertz CT molecular complexity index is 1140. The third-order valence-electron chi connectivity index (χ3n) is 6.38. The van der Waals surface area contributed by atoms with Crippen LogP contribution < -0.4 is 10.8 Å². The first-order valence-electron chi connectivity index (χ1n) is 10.7. The number of amides is 1. The molecule has 0 saturated carbocycles. The average Bonchev–Trinajstić information content (AvgIpc) is 2.90. The van der Waals surface area contributed by atoms with E-state index in [1.54, 1.807) is 6.92 Å². The maximum atomic E-state index is 14.8. The van der Waals surface area contributed by atoms with Crippen LogP contribution in [0.25, 0.3) is 0 Å². The van der Waals surface area contributed by atoms with Gasteiger partial charge in [0.05, 0.1) is 16.8 Å². The highest BCUT2D eigenvalue weighted by Crippen LogP contribution is 2.37. The van der Waals surface area contributed by atoms with Gasteiger partial charge in [-0.3, -0.25) is 4.79 Å².